The van der Waals surface area contributed by atoms with Crippen LogP contribution >= 0.6 is 11.6 Å². The number of pyridine rings is 2. The maximum absolute atomic E-state index is 12.2. The van der Waals surface area contributed by atoms with E-state index >= 15 is 0 Å². The molecule has 3 aromatic rings. The van der Waals surface area contributed by atoms with E-state index in [0.29, 0.717) is 28.0 Å². The fraction of sp³-hybridized carbons (Fsp3) is 0.150. The highest BCUT2D eigenvalue weighted by Gasteiger charge is 2.13. The number of carbonyl (C=O) groups is 1. The van der Waals surface area contributed by atoms with Gasteiger partial charge in [-0.25, -0.2) is 0 Å². The van der Waals surface area contributed by atoms with Crippen molar-refractivity contribution in [3.63, 3.8) is 0 Å². The second-order valence-corrected chi connectivity index (χ2v) is 6.19. The number of hydrogen-bond acceptors (Lipinski definition) is 5. The van der Waals surface area contributed by atoms with Crippen LogP contribution in [0.3, 0.4) is 0 Å². The summed E-state index contributed by atoms with van der Waals surface area (Å²) in [6.07, 6.45) is 2.96. The van der Waals surface area contributed by atoms with Crippen molar-refractivity contribution in [1.82, 2.24) is 15.3 Å². The van der Waals surface area contributed by atoms with E-state index in [1.54, 1.807) is 18.2 Å². The minimum Gasteiger partial charge on any atom is -0.505 e. The Bertz CT molecular complexity index is 1040. The number of nitrogens with zero attached hydrogens (tertiary/aromatic N) is 2. The number of amides is 1. The number of aromatic hydroxyl groups is 1. The molecule has 0 aliphatic heterocycles. The fourth-order valence-electron chi connectivity index (χ4n) is 2.48. The van der Waals surface area contributed by atoms with Gasteiger partial charge in [-0.3, -0.25) is 14.8 Å². The normalized spacial score (nSPS) is 10.3. The largest absolute Gasteiger partial charge is 0.505 e. The summed E-state index contributed by atoms with van der Waals surface area (Å²) in [5, 5.41) is 23.1. The van der Waals surface area contributed by atoms with Gasteiger partial charge in [-0.1, -0.05) is 35.6 Å². The number of hydrogen-bond donors (Lipinski definition) is 3. The summed E-state index contributed by atoms with van der Waals surface area (Å²) in [7, 11) is 0. The van der Waals surface area contributed by atoms with E-state index in [2.05, 4.69) is 27.1 Å². The van der Waals surface area contributed by atoms with Crippen LogP contribution in [0, 0.1) is 11.8 Å². The first-order chi connectivity index (χ1) is 13.1. The first-order valence-electron chi connectivity index (χ1n) is 8.14. The smallest absolute Gasteiger partial charge is 0.226 e. The highest BCUT2D eigenvalue weighted by atomic mass is 35.5. The van der Waals surface area contributed by atoms with E-state index in [4.69, 9.17) is 16.7 Å². The molecule has 0 aliphatic carbocycles. The van der Waals surface area contributed by atoms with Gasteiger partial charge in [0.05, 0.1) is 23.8 Å². The molecule has 6 nitrogen and oxygen atoms in total. The molecule has 3 rings (SSSR count). The number of benzene rings is 1. The van der Waals surface area contributed by atoms with Gasteiger partial charge < -0.3 is 15.5 Å². The zero-order valence-electron chi connectivity index (χ0n) is 14.2. The molecule has 27 heavy (non-hydrogen) atoms. The zero-order chi connectivity index (χ0) is 19.2. The fourth-order valence-corrected chi connectivity index (χ4v) is 2.61. The number of rotatable bonds is 4. The molecule has 0 radical (unpaired) electrons. The van der Waals surface area contributed by atoms with Crippen LogP contribution in [0.25, 0.3) is 10.9 Å². The van der Waals surface area contributed by atoms with Crippen LogP contribution in [0.5, 0.6) is 5.75 Å². The standard InChI is InChI=1S/C20H16ClN3O3/c21-15-5-3-13(4-6-15)10-24-19(26)9-17-20(27)16-8-14(2-1-7-25)11-22-18(16)12-23-17/h3-6,8,11-12,25,27H,7,9-10H2,(H,24,26). The maximum atomic E-state index is 12.2. The lowest BCUT2D eigenvalue weighted by Gasteiger charge is -2.08. The van der Waals surface area contributed by atoms with Crippen LogP contribution in [-0.2, 0) is 17.8 Å². The molecule has 0 spiro atoms. The highest BCUT2D eigenvalue weighted by molar-refractivity contribution is 6.30. The summed E-state index contributed by atoms with van der Waals surface area (Å²) in [4.78, 5) is 20.5. The van der Waals surface area contributed by atoms with Crippen LogP contribution in [0.1, 0.15) is 16.8 Å². The van der Waals surface area contributed by atoms with Gasteiger partial charge in [-0.2, -0.15) is 0 Å². The molecule has 2 heterocycles. The van der Waals surface area contributed by atoms with Crippen LogP contribution in [0.15, 0.2) is 42.7 Å². The third-order valence-corrected chi connectivity index (χ3v) is 4.08. The lowest BCUT2D eigenvalue weighted by molar-refractivity contribution is -0.120. The molecule has 0 atom stereocenters. The number of aliphatic hydroxyl groups is 1. The molecule has 1 amide bonds. The lowest BCUT2D eigenvalue weighted by atomic mass is 10.1. The van der Waals surface area contributed by atoms with E-state index in [-0.39, 0.29) is 30.4 Å². The van der Waals surface area contributed by atoms with E-state index in [9.17, 15) is 9.90 Å². The second-order valence-electron chi connectivity index (χ2n) is 5.75. The van der Waals surface area contributed by atoms with Gasteiger partial charge in [0.15, 0.2) is 0 Å². The van der Waals surface area contributed by atoms with Crippen molar-refractivity contribution in [2.24, 2.45) is 0 Å². The highest BCUT2D eigenvalue weighted by Crippen LogP contribution is 2.26. The van der Waals surface area contributed by atoms with Crippen LogP contribution in [0.2, 0.25) is 5.02 Å². The van der Waals surface area contributed by atoms with Gasteiger partial charge in [0.25, 0.3) is 0 Å². The number of aliphatic hydroxyl groups excluding tert-OH is 1. The molecule has 0 aliphatic rings. The van der Waals surface area contributed by atoms with Crippen molar-refractivity contribution in [2.75, 3.05) is 6.61 Å². The maximum Gasteiger partial charge on any atom is 0.226 e. The Morgan fingerprint density at radius 1 is 1.19 bits per heavy atom. The Balaban J connectivity index is 1.74. The van der Waals surface area contributed by atoms with Crippen molar-refractivity contribution >= 4 is 28.4 Å². The average Bonchev–Trinajstić information content (AvgIpc) is 2.68. The summed E-state index contributed by atoms with van der Waals surface area (Å²) in [6, 6.07) is 8.81. The Hall–Kier alpha value is -3.14. The Morgan fingerprint density at radius 3 is 2.70 bits per heavy atom. The van der Waals surface area contributed by atoms with Crippen molar-refractivity contribution in [3.8, 4) is 17.6 Å². The van der Waals surface area contributed by atoms with E-state index in [0.717, 1.165) is 5.56 Å². The summed E-state index contributed by atoms with van der Waals surface area (Å²) >= 11 is 5.84. The molecule has 0 unspecified atom stereocenters. The van der Waals surface area contributed by atoms with Gasteiger partial charge in [0.1, 0.15) is 12.4 Å². The quantitative estimate of drug-likeness (QED) is 0.602. The van der Waals surface area contributed by atoms with Crippen molar-refractivity contribution in [3.05, 3.63) is 64.6 Å². The SMILES string of the molecule is O=C(Cc1ncc2ncc(C#CCO)cc2c1O)NCc1ccc(Cl)cc1. The van der Waals surface area contributed by atoms with Crippen molar-refractivity contribution in [1.29, 1.82) is 0 Å². The molecular formula is C20H16ClN3O3. The molecule has 0 fully saturated rings. The topological polar surface area (TPSA) is 95.3 Å². The monoisotopic (exact) mass is 381 g/mol. The predicted octanol–water partition coefficient (Wildman–Crippen LogP) is 2.19. The van der Waals surface area contributed by atoms with Gasteiger partial charge in [0, 0.05) is 28.7 Å². The van der Waals surface area contributed by atoms with Crippen LogP contribution < -0.4 is 5.32 Å². The zero-order valence-corrected chi connectivity index (χ0v) is 15.0. The predicted molar refractivity (Wildman–Crippen MR) is 102 cm³/mol. The summed E-state index contributed by atoms with van der Waals surface area (Å²) < 4.78 is 0. The summed E-state index contributed by atoms with van der Waals surface area (Å²) in [5.41, 5.74) is 2.22. The van der Waals surface area contributed by atoms with Gasteiger partial charge in [-0.15, -0.1) is 0 Å². The minimum absolute atomic E-state index is 0.0676. The average molecular weight is 382 g/mol. The molecule has 2 aromatic heterocycles. The molecule has 0 saturated heterocycles. The number of halogens is 1. The Kier molecular flexibility index (Phi) is 5.87. The van der Waals surface area contributed by atoms with Crippen LogP contribution in [-0.4, -0.2) is 32.7 Å². The number of nitrogens with one attached hydrogen (secondary N) is 1. The van der Waals surface area contributed by atoms with E-state index < -0.39 is 0 Å². The first kappa shape index (κ1) is 18.6. The van der Waals surface area contributed by atoms with E-state index in [1.807, 2.05) is 12.1 Å². The Labute approximate surface area is 160 Å². The van der Waals surface area contributed by atoms with E-state index in [1.165, 1.54) is 12.4 Å². The van der Waals surface area contributed by atoms with Gasteiger partial charge in [0.2, 0.25) is 5.91 Å². The van der Waals surface area contributed by atoms with Gasteiger partial charge >= 0.3 is 0 Å². The van der Waals surface area contributed by atoms with Gasteiger partial charge in [-0.05, 0) is 23.8 Å². The number of carbonyl (C=O) groups excluding carboxylic acids is 1. The molecule has 136 valence electrons. The summed E-state index contributed by atoms with van der Waals surface area (Å²) in [6.45, 7) is 0.0895. The molecule has 1 aromatic carbocycles. The molecule has 0 bridgehead atoms. The number of fused-ring (bicyclic) bond motifs is 1. The summed E-state index contributed by atoms with van der Waals surface area (Å²) in [5.74, 6) is 4.89. The third kappa shape index (κ3) is 4.73. The third-order valence-electron chi connectivity index (χ3n) is 3.83. The Morgan fingerprint density at radius 2 is 1.96 bits per heavy atom. The second kappa shape index (κ2) is 8.49. The molecular weight excluding hydrogens is 366 g/mol. The van der Waals surface area contributed by atoms with Crippen LogP contribution in [0.4, 0.5) is 0 Å². The molecule has 0 saturated carbocycles. The molecule has 7 heteroatoms. The lowest BCUT2D eigenvalue weighted by Crippen LogP contribution is -2.25. The van der Waals surface area contributed by atoms with Crippen molar-refractivity contribution < 1.29 is 15.0 Å². The minimum atomic E-state index is -0.267. The molecule has 3 N–H and O–H groups in total. The van der Waals surface area contributed by atoms with Crippen molar-refractivity contribution in [2.45, 2.75) is 13.0 Å². The number of aromatic nitrogens is 2. The first-order valence-corrected chi connectivity index (χ1v) is 8.52.